The third kappa shape index (κ3) is 3.70. The van der Waals surface area contributed by atoms with E-state index in [-0.39, 0.29) is 24.4 Å². The lowest BCUT2D eigenvalue weighted by Gasteiger charge is -2.30. The number of rotatable bonds is 3. The number of hydrogen-bond acceptors (Lipinski definition) is 6. The zero-order chi connectivity index (χ0) is 19.8. The van der Waals surface area contributed by atoms with Gasteiger partial charge in [-0.05, 0) is 32.0 Å². The normalized spacial score (nSPS) is 22.9. The highest BCUT2D eigenvalue weighted by Gasteiger charge is 2.36. The van der Waals surface area contributed by atoms with Gasteiger partial charge in [0.2, 0.25) is 0 Å². The molecule has 2 aromatic rings. The van der Waals surface area contributed by atoms with Crippen LogP contribution in [-0.4, -0.2) is 82.2 Å². The summed E-state index contributed by atoms with van der Waals surface area (Å²) in [5.41, 5.74) is 3.77. The maximum atomic E-state index is 13.3. The molecule has 2 aliphatic rings. The molecule has 1 N–H and O–H groups in total. The number of fused-ring (bicyclic) bond motifs is 4. The highest BCUT2D eigenvalue weighted by Crippen LogP contribution is 2.23. The van der Waals surface area contributed by atoms with Gasteiger partial charge in [-0.25, -0.2) is 9.97 Å². The van der Waals surface area contributed by atoms with Gasteiger partial charge in [0.1, 0.15) is 0 Å². The van der Waals surface area contributed by atoms with E-state index in [2.05, 4.69) is 9.97 Å². The number of carboxylic acid groups (broad SMARTS) is 1. The van der Waals surface area contributed by atoms with Gasteiger partial charge in [-0.1, -0.05) is 0 Å². The fourth-order valence-corrected chi connectivity index (χ4v) is 4.04. The summed E-state index contributed by atoms with van der Waals surface area (Å²) >= 11 is 0. The molecule has 0 saturated carbocycles. The second-order valence-electron chi connectivity index (χ2n) is 7.70. The Hall–Kier alpha value is -2.58. The number of carboxylic acids is 1. The molecule has 0 radical (unpaired) electrons. The number of hydrogen-bond donors (Lipinski definition) is 1. The standard InChI is InChI=1S/C20H24N4O4/c1-12-13(2)22-18-5-15(3-4-17(18)21-12)20(27)24-7-14-6-23(9-19(25)26)8-16(24)11-28-10-14/h3-5,14,16H,6-11H2,1-2H3,(H,25,26)/t14-,16-/m0/s1. The SMILES string of the molecule is Cc1nc2ccc(C(=O)N3C[C@H]4COC[C@@H]3CN(CC(=O)O)C4)cc2nc1C. The number of benzene rings is 1. The van der Waals surface area contributed by atoms with Crippen molar-refractivity contribution in [1.29, 1.82) is 0 Å². The maximum absolute atomic E-state index is 13.3. The molecule has 1 aromatic carbocycles. The average Bonchev–Trinajstić information content (AvgIpc) is 2.92. The van der Waals surface area contributed by atoms with E-state index < -0.39 is 5.97 Å². The molecule has 2 aliphatic heterocycles. The minimum absolute atomic E-state index is 0.0147. The molecule has 0 aliphatic carbocycles. The molecular formula is C20H24N4O4. The van der Waals surface area contributed by atoms with Crippen LogP contribution in [0.2, 0.25) is 0 Å². The molecule has 2 bridgehead atoms. The van der Waals surface area contributed by atoms with Crippen LogP contribution in [0.5, 0.6) is 0 Å². The summed E-state index contributed by atoms with van der Waals surface area (Å²) in [6.07, 6.45) is 0. The van der Waals surface area contributed by atoms with Gasteiger partial charge >= 0.3 is 5.97 Å². The molecule has 4 rings (SSSR count). The van der Waals surface area contributed by atoms with Crippen molar-refractivity contribution >= 4 is 22.9 Å². The number of carbonyl (C=O) groups is 2. The van der Waals surface area contributed by atoms with Crippen molar-refractivity contribution in [3.63, 3.8) is 0 Å². The summed E-state index contributed by atoms with van der Waals surface area (Å²) in [4.78, 5) is 37.3. The fourth-order valence-electron chi connectivity index (χ4n) is 4.04. The number of aryl methyl sites for hydroxylation is 2. The van der Waals surface area contributed by atoms with E-state index in [9.17, 15) is 9.59 Å². The van der Waals surface area contributed by atoms with E-state index in [1.54, 1.807) is 12.1 Å². The van der Waals surface area contributed by atoms with Crippen LogP contribution in [0.1, 0.15) is 21.7 Å². The van der Waals surface area contributed by atoms with Crippen LogP contribution in [-0.2, 0) is 9.53 Å². The van der Waals surface area contributed by atoms with Crippen molar-refractivity contribution in [3.05, 3.63) is 35.2 Å². The summed E-state index contributed by atoms with van der Waals surface area (Å²) in [7, 11) is 0. The molecule has 1 aromatic heterocycles. The number of amides is 1. The number of aromatic nitrogens is 2. The Morgan fingerprint density at radius 1 is 1.11 bits per heavy atom. The predicted molar refractivity (Wildman–Crippen MR) is 102 cm³/mol. The molecule has 1 amide bonds. The van der Waals surface area contributed by atoms with E-state index in [1.165, 1.54) is 0 Å². The molecule has 28 heavy (non-hydrogen) atoms. The first-order valence-electron chi connectivity index (χ1n) is 9.48. The number of aliphatic carboxylic acids is 1. The minimum Gasteiger partial charge on any atom is -0.480 e. The summed E-state index contributed by atoms with van der Waals surface area (Å²) in [5.74, 6) is -0.821. The van der Waals surface area contributed by atoms with Gasteiger partial charge in [-0.2, -0.15) is 0 Å². The molecule has 8 nitrogen and oxygen atoms in total. The molecule has 0 spiro atoms. The van der Waals surface area contributed by atoms with E-state index >= 15 is 0 Å². The Morgan fingerprint density at radius 3 is 2.61 bits per heavy atom. The van der Waals surface area contributed by atoms with Gasteiger partial charge in [-0.15, -0.1) is 0 Å². The Balaban J connectivity index is 1.62. The molecule has 2 saturated heterocycles. The van der Waals surface area contributed by atoms with Crippen molar-refractivity contribution in [2.24, 2.45) is 5.92 Å². The summed E-state index contributed by atoms with van der Waals surface area (Å²) in [6, 6.07) is 5.25. The molecule has 2 atom stereocenters. The second kappa shape index (κ2) is 7.44. The van der Waals surface area contributed by atoms with E-state index in [4.69, 9.17) is 9.84 Å². The van der Waals surface area contributed by atoms with Crippen molar-refractivity contribution in [2.75, 3.05) is 39.4 Å². The maximum Gasteiger partial charge on any atom is 0.317 e. The van der Waals surface area contributed by atoms with Crippen LogP contribution in [0.15, 0.2) is 18.2 Å². The van der Waals surface area contributed by atoms with Gasteiger partial charge in [0, 0.05) is 31.1 Å². The molecule has 8 heteroatoms. The Labute approximate surface area is 163 Å². The third-order valence-electron chi connectivity index (χ3n) is 5.49. The first-order chi connectivity index (χ1) is 13.4. The lowest BCUT2D eigenvalue weighted by Crippen LogP contribution is -2.47. The van der Waals surface area contributed by atoms with Crippen LogP contribution in [0.3, 0.4) is 0 Å². The summed E-state index contributed by atoms with van der Waals surface area (Å²) in [6.45, 7) is 6.45. The molecule has 0 unspecified atom stereocenters. The van der Waals surface area contributed by atoms with E-state index in [0.717, 1.165) is 16.9 Å². The largest absolute Gasteiger partial charge is 0.480 e. The van der Waals surface area contributed by atoms with Gasteiger partial charge in [0.15, 0.2) is 0 Å². The zero-order valence-electron chi connectivity index (χ0n) is 16.1. The van der Waals surface area contributed by atoms with Crippen molar-refractivity contribution < 1.29 is 19.4 Å². The molecule has 3 heterocycles. The van der Waals surface area contributed by atoms with Crippen LogP contribution in [0.4, 0.5) is 0 Å². The smallest absolute Gasteiger partial charge is 0.317 e. The Morgan fingerprint density at radius 2 is 1.86 bits per heavy atom. The molecule has 148 valence electrons. The average molecular weight is 384 g/mol. The van der Waals surface area contributed by atoms with Gasteiger partial charge in [0.05, 0.1) is 48.2 Å². The monoisotopic (exact) mass is 384 g/mol. The van der Waals surface area contributed by atoms with Crippen LogP contribution in [0, 0.1) is 19.8 Å². The molecular weight excluding hydrogens is 360 g/mol. The van der Waals surface area contributed by atoms with Gasteiger partial charge in [-0.3, -0.25) is 14.5 Å². The molecule has 2 fully saturated rings. The summed E-state index contributed by atoms with van der Waals surface area (Å²) in [5, 5.41) is 9.15. The lowest BCUT2D eigenvalue weighted by atomic mass is 10.1. The Kier molecular flexibility index (Phi) is 4.99. The Bertz CT molecular complexity index is 932. The summed E-state index contributed by atoms with van der Waals surface area (Å²) < 4.78 is 5.74. The second-order valence-corrected chi connectivity index (χ2v) is 7.70. The highest BCUT2D eigenvalue weighted by atomic mass is 16.5. The van der Waals surface area contributed by atoms with Gasteiger partial charge < -0.3 is 14.7 Å². The van der Waals surface area contributed by atoms with E-state index in [1.807, 2.05) is 29.7 Å². The van der Waals surface area contributed by atoms with Gasteiger partial charge in [0.25, 0.3) is 5.91 Å². The quantitative estimate of drug-likeness (QED) is 0.847. The topological polar surface area (TPSA) is 95.9 Å². The first kappa shape index (κ1) is 18.8. The number of carbonyl (C=O) groups excluding carboxylic acids is 1. The first-order valence-corrected chi connectivity index (χ1v) is 9.48. The highest BCUT2D eigenvalue weighted by molar-refractivity contribution is 5.97. The zero-order valence-corrected chi connectivity index (χ0v) is 16.1. The van der Waals surface area contributed by atoms with Crippen LogP contribution < -0.4 is 0 Å². The lowest BCUT2D eigenvalue weighted by molar-refractivity contribution is -0.138. The number of nitrogens with zero attached hydrogens (tertiary/aromatic N) is 4. The van der Waals surface area contributed by atoms with E-state index in [0.29, 0.717) is 43.9 Å². The van der Waals surface area contributed by atoms with Crippen molar-refractivity contribution in [2.45, 2.75) is 19.9 Å². The van der Waals surface area contributed by atoms with Crippen molar-refractivity contribution in [1.82, 2.24) is 19.8 Å². The number of ether oxygens (including phenoxy) is 1. The fraction of sp³-hybridized carbons (Fsp3) is 0.500. The van der Waals surface area contributed by atoms with Crippen LogP contribution in [0.25, 0.3) is 11.0 Å². The third-order valence-corrected chi connectivity index (χ3v) is 5.49. The van der Waals surface area contributed by atoms with Crippen molar-refractivity contribution in [3.8, 4) is 0 Å². The van der Waals surface area contributed by atoms with Crippen LogP contribution >= 0.6 is 0 Å². The predicted octanol–water partition coefficient (Wildman–Crippen LogP) is 1.10. The minimum atomic E-state index is -0.850.